The van der Waals surface area contributed by atoms with Crippen molar-refractivity contribution >= 4 is 17.5 Å². The maximum absolute atomic E-state index is 13.6. The molecule has 21 heavy (non-hydrogen) atoms. The first kappa shape index (κ1) is 15.5. The zero-order valence-electron chi connectivity index (χ0n) is 11.9. The normalized spacial score (nSPS) is 13.5. The van der Waals surface area contributed by atoms with Crippen LogP contribution in [0.4, 0.5) is 4.39 Å². The molecule has 1 N–H and O–H groups in total. The largest absolute Gasteiger partial charge is 0.348 e. The Bertz CT molecular complexity index is 630. The number of alkyl halides is 1. The molecule has 2 rings (SSSR count). The van der Waals surface area contributed by atoms with Gasteiger partial charge in [0.15, 0.2) is 0 Å². The Morgan fingerprint density at radius 2 is 1.81 bits per heavy atom. The van der Waals surface area contributed by atoms with E-state index in [4.69, 9.17) is 11.6 Å². The van der Waals surface area contributed by atoms with E-state index in [0.717, 1.165) is 5.56 Å². The number of hydrogen-bond acceptors (Lipinski definition) is 1. The molecule has 2 nitrogen and oxygen atoms in total. The summed E-state index contributed by atoms with van der Waals surface area (Å²) in [4.78, 5) is 12.1. The summed E-state index contributed by atoms with van der Waals surface area (Å²) in [6, 6.07) is 13.7. The Morgan fingerprint density at radius 3 is 2.43 bits per heavy atom. The fourth-order valence-corrected chi connectivity index (χ4v) is 2.23. The van der Waals surface area contributed by atoms with E-state index in [1.165, 1.54) is 6.07 Å². The van der Waals surface area contributed by atoms with Gasteiger partial charge in [0.05, 0.1) is 6.04 Å². The highest BCUT2D eigenvalue weighted by Crippen LogP contribution is 2.22. The predicted molar refractivity (Wildman–Crippen MR) is 82.7 cm³/mol. The van der Waals surface area contributed by atoms with Crippen molar-refractivity contribution in [2.45, 2.75) is 25.3 Å². The number of hydrogen-bond donors (Lipinski definition) is 1. The average molecular weight is 306 g/mol. The highest BCUT2D eigenvalue weighted by atomic mass is 35.5. The topological polar surface area (TPSA) is 29.1 Å². The Labute approximate surface area is 128 Å². The lowest BCUT2D eigenvalue weighted by molar-refractivity contribution is -0.121. The standard InChI is InChI=1S/C17H17ClFNO/c1-11-8-9-14(10-15(11)19)12(2)20-17(21)16(18)13-6-4-3-5-7-13/h3-10,12,16H,1-2H3,(H,20,21). The molecule has 0 radical (unpaired) electrons. The van der Waals surface area contributed by atoms with Crippen LogP contribution < -0.4 is 5.32 Å². The molecule has 0 aromatic heterocycles. The predicted octanol–water partition coefficient (Wildman–Crippen LogP) is 4.29. The van der Waals surface area contributed by atoms with E-state index < -0.39 is 5.38 Å². The van der Waals surface area contributed by atoms with E-state index in [9.17, 15) is 9.18 Å². The summed E-state index contributed by atoms with van der Waals surface area (Å²) in [6.07, 6.45) is 0. The highest BCUT2D eigenvalue weighted by Gasteiger charge is 2.19. The second-order valence-electron chi connectivity index (χ2n) is 5.01. The lowest BCUT2D eigenvalue weighted by atomic mass is 10.1. The van der Waals surface area contributed by atoms with Gasteiger partial charge in [0.1, 0.15) is 11.2 Å². The third-order valence-corrected chi connectivity index (χ3v) is 3.83. The molecule has 0 spiro atoms. The molecule has 0 heterocycles. The van der Waals surface area contributed by atoms with E-state index in [1.54, 1.807) is 38.1 Å². The highest BCUT2D eigenvalue weighted by molar-refractivity contribution is 6.30. The van der Waals surface area contributed by atoms with Crippen molar-refractivity contribution in [3.8, 4) is 0 Å². The Kier molecular flexibility index (Phi) is 4.97. The Morgan fingerprint density at radius 1 is 1.14 bits per heavy atom. The van der Waals surface area contributed by atoms with Crippen molar-refractivity contribution in [1.82, 2.24) is 5.32 Å². The van der Waals surface area contributed by atoms with Gasteiger partial charge < -0.3 is 5.32 Å². The molecule has 0 fully saturated rings. The second-order valence-corrected chi connectivity index (χ2v) is 5.45. The van der Waals surface area contributed by atoms with E-state index in [1.807, 2.05) is 18.2 Å². The van der Waals surface area contributed by atoms with Gasteiger partial charge in [-0.3, -0.25) is 4.79 Å². The van der Waals surface area contributed by atoms with Crippen LogP contribution in [0.3, 0.4) is 0 Å². The zero-order valence-corrected chi connectivity index (χ0v) is 12.7. The Balaban J connectivity index is 2.06. The fourth-order valence-electron chi connectivity index (χ4n) is 2.02. The smallest absolute Gasteiger partial charge is 0.243 e. The first-order valence-corrected chi connectivity index (χ1v) is 7.18. The number of carbonyl (C=O) groups excluding carboxylic acids is 1. The number of benzene rings is 2. The molecule has 0 aliphatic heterocycles. The molecule has 0 saturated heterocycles. The van der Waals surface area contributed by atoms with Crippen LogP contribution in [-0.2, 0) is 4.79 Å². The van der Waals surface area contributed by atoms with Crippen LogP contribution in [0.5, 0.6) is 0 Å². The molecule has 2 unspecified atom stereocenters. The maximum Gasteiger partial charge on any atom is 0.243 e. The molecule has 110 valence electrons. The molecule has 2 aromatic carbocycles. The summed E-state index contributed by atoms with van der Waals surface area (Å²) < 4.78 is 13.6. The van der Waals surface area contributed by atoms with E-state index >= 15 is 0 Å². The minimum absolute atomic E-state index is 0.279. The Hall–Kier alpha value is -1.87. The average Bonchev–Trinajstić information content (AvgIpc) is 2.50. The number of halogens is 2. The van der Waals surface area contributed by atoms with Gasteiger partial charge in [-0.15, -0.1) is 11.6 Å². The van der Waals surface area contributed by atoms with Crippen LogP contribution in [0, 0.1) is 12.7 Å². The molecule has 4 heteroatoms. The summed E-state index contributed by atoms with van der Waals surface area (Å²) in [6.45, 7) is 3.50. The summed E-state index contributed by atoms with van der Waals surface area (Å²) >= 11 is 6.16. The minimum Gasteiger partial charge on any atom is -0.348 e. The van der Waals surface area contributed by atoms with Gasteiger partial charge >= 0.3 is 0 Å². The lowest BCUT2D eigenvalue weighted by Gasteiger charge is -2.17. The van der Waals surface area contributed by atoms with Gasteiger partial charge in [0.25, 0.3) is 0 Å². The molecular weight excluding hydrogens is 289 g/mol. The van der Waals surface area contributed by atoms with E-state index in [2.05, 4.69) is 5.32 Å². The van der Waals surface area contributed by atoms with Crippen molar-refractivity contribution in [3.05, 3.63) is 71.0 Å². The van der Waals surface area contributed by atoms with Crippen molar-refractivity contribution in [3.63, 3.8) is 0 Å². The van der Waals surface area contributed by atoms with Gasteiger partial charge in [-0.1, -0.05) is 42.5 Å². The molecule has 0 saturated carbocycles. The van der Waals surface area contributed by atoms with Gasteiger partial charge in [-0.2, -0.15) is 0 Å². The van der Waals surface area contributed by atoms with Crippen molar-refractivity contribution < 1.29 is 9.18 Å². The van der Waals surface area contributed by atoms with E-state index in [0.29, 0.717) is 11.1 Å². The van der Waals surface area contributed by atoms with Gasteiger partial charge in [-0.05, 0) is 36.6 Å². The first-order chi connectivity index (χ1) is 9.99. The van der Waals surface area contributed by atoms with Crippen LogP contribution in [0.1, 0.15) is 35.0 Å². The number of nitrogens with one attached hydrogen (secondary N) is 1. The molecule has 2 atom stereocenters. The molecule has 0 bridgehead atoms. The van der Waals surface area contributed by atoms with Crippen molar-refractivity contribution in [2.24, 2.45) is 0 Å². The monoisotopic (exact) mass is 305 g/mol. The number of amides is 1. The zero-order chi connectivity index (χ0) is 15.4. The first-order valence-electron chi connectivity index (χ1n) is 6.74. The lowest BCUT2D eigenvalue weighted by Crippen LogP contribution is -2.29. The van der Waals surface area contributed by atoms with Crippen LogP contribution in [0.2, 0.25) is 0 Å². The summed E-state index contributed by atoms with van der Waals surface area (Å²) in [7, 11) is 0. The summed E-state index contributed by atoms with van der Waals surface area (Å²) in [5.74, 6) is -0.574. The molecule has 1 amide bonds. The fraction of sp³-hybridized carbons (Fsp3) is 0.235. The van der Waals surface area contributed by atoms with Crippen LogP contribution >= 0.6 is 11.6 Å². The number of aryl methyl sites for hydroxylation is 1. The quantitative estimate of drug-likeness (QED) is 0.839. The molecule has 0 aliphatic rings. The van der Waals surface area contributed by atoms with Crippen LogP contribution in [0.25, 0.3) is 0 Å². The minimum atomic E-state index is -0.760. The van der Waals surface area contributed by atoms with Crippen molar-refractivity contribution in [1.29, 1.82) is 0 Å². The maximum atomic E-state index is 13.6. The van der Waals surface area contributed by atoms with Crippen molar-refractivity contribution in [2.75, 3.05) is 0 Å². The van der Waals surface area contributed by atoms with Gasteiger partial charge in [0, 0.05) is 0 Å². The van der Waals surface area contributed by atoms with Crippen LogP contribution in [-0.4, -0.2) is 5.91 Å². The van der Waals surface area contributed by atoms with Gasteiger partial charge in [0.2, 0.25) is 5.91 Å². The third kappa shape index (κ3) is 3.82. The number of carbonyl (C=O) groups is 1. The molecular formula is C17H17ClFNO. The molecule has 0 aliphatic carbocycles. The second kappa shape index (κ2) is 6.72. The number of rotatable bonds is 4. The third-order valence-electron chi connectivity index (χ3n) is 3.38. The van der Waals surface area contributed by atoms with Gasteiger partial charge in [-0.25, -0.2) is 4.39 Å². The summed E-state index contributed by atoms with van der Waals surface area (Å²) in [5.41, 5.74) is 2.03. The summed E-state index contributed by atoms with van der Waals surface area (Å²) in [5, 5.41) is 2.04. The SMILES string of the molecule is Cc1ccc(C(C)NC(=O)C(Cl)c2ccccc2)cc1F. The molecule has 2 aromatic rings. The van der Waals surface area contributed by atoms with E-state index in [-0.39, 0.29) is 17.8 Å². The van der Waals surface area contributed by atoms with Crippen LogP contribution in [0.15, 0.2) is 48.5 Å².